The van der Waals surface area contributed by atoms with Gasteiger partial charge in [0.15, 0.2) is 0 Å². The van der Waals surface area contributed by atoms with Crippen LogP contribution in [0, 0.1) is 12.8 Å². The Bertz CT molecular complexity index is 1100. The van der Waals surface area contributed by atoms with Crippen molar-refractivity contribution >= 4 is 34.0 Å². The number of methoxy groups -OCH3 is 1. The maximum atomic E-state index is 13.1. The molecule has 3 aromatic rings. The molecule has 168 valence electrons. The topological polar surface area (TPSA) is 108 Å². The first-order valence-electron chi connectivity index (χ1n) is 10.1. The third kappa shape index (κ3) is 5.32. The van der Waals surface area contributed by atoms with Crippen LogP contribution in [0.1, 0.15) is 28.9 Å². The molecular weight excluding hydrogens is 454 g/mol. The predicted octanol–water partition coefficient (Wildman–Crippen LogP) is 4.02. The number of pyridine rings is 2. The van der Waals surface area contributed by atoms with Crippen molar-refractivity contribution in [3.63, 3.8) is 0 Å². The summed E-state index contributed by atoms with van der Waals surface area (Å²) in [5.74, 6) is 0.553. The van der Waals surface area contributed by atoms with E-state index in [1.807, 2.05) is 6.92 Å². The SMILES string of the molecule is COc1cnc(Cl)cc1-c1cc(C)ncc1C(=O)Nc1nnc(OCC2CCOCC2)s1. The van der Waals surface area contributed by atoms with Crippen molar-refractivity contribution in [2.24, 2.45) is 5.92 Å². The first-order valence-corrected chi connectivity index (χ1v) is 11.2. The van der Waals surface area contributed by atoms with Crippen molar-refractivity contribution in [2.45, 2.75) is 19.8 Å². The first-order chi connectivity index (χ1) is 15.5. The molecule has 4 rings (SSSR count). The molecule has 3 aromatic heterocycles. The Morgan fingerprint density at radius 3 is 2.81 bits per heavy atom. The van der Waals surface area contributed by atoms with Crippen molar-refractivity contribution in [3.05, 3.63) is 40.9 Å². The van der Waals surface area contributed by atoms with Gasteiger partial charge in [-0.2, -0.15) is 0 Å². The average Bonchev–Trinajstić information content (AvgIpc) is 3.25. The van der Waals surface area contributed by atoms with Gasteiger partial charge in [-0.15, -0.1) is 5.10 Å². The van der Waals surface area contributed by atoms with Gasteiger partial charge in [0.1, 0.15) is 10.9 Å². The number of ether oxygens (including phenoxy) is 3. The fraction of sp³-hybridized carbons (Fsp3) is 0.381. The number of nitrogens with one attached hydrogen (secondary N) is 1. The lowest BCUT2D eigenvalue weighted by atomic mass is 10.0. The van der Waals surface area contributed by atoms with E-state index in [2.05, 4.69) is 25.5 Å². The Kier molecular flexibility index (Phi) is 7.13. The van der Waals surface area contributed by atoms with Gasteiger partial charge in [-0.25, -0.2) is 4.98 Å². The van der Waals surface area contributed by atoms with Crippen LogP contribution in [0.2, 0.25) is 5.15 Å². The summed E-state index contributed by atoms with van der Waals surface area (Å²) in [6.07, 6.45) is 4.96. The Hall–Kier alpha value is -2.82. The molecule has 0 aromatic carbocycles. The zero-order valence-corrected chi connectivity index (χ0v) is 19.2. The van der Waals surface area contributed by atoms with Gasteiger partial charge in [-0.05, 0) is 49.2 Å². The second-order valence-corrected chi connectivity index (χ2v) is 8.60. The number of hydrogen-bond donors (Lipinski definition) is 1. The number of carbonyl (C=O) groups excluding carboxylic acids is 1. The van der Waals surface area contributed by atoms with Crippen LogP contribution in [0.15, 0.2) is 24.5 Å². The number of amides is 1. The lowest BCUT2D eigenvalue weighted by Crippen LogP contribution is -2.21. The molecule has 1 amide bonds. The summed E-state index contributed by atoms with van der Waals surface area (Å²) in [6, 6.07) is 3.45. The highest BCUT2D eigenvalue weighted by Crippen LogP contribution is 2.34. The molecule has 1 aliphatic heterocycles. The van der Waals surface area contributed by atoms with Crippen molar-refractivity contribution in [3.8, 4) is 22.1 Å². The predicted molar refractivity (Wildman–Crippen MR) is 121 cm³/mol. The average molecular weight is 476 g/mol. The molecule has 1 N–H and O–H groups in total. The van der Waals surface area contributed by atoms with Gasteiger partial charge in [0.25, 0.3) is 11.1 Å². The van der Waals surface area contributed by atoms with Crippen LogP contribution in [-0.2, 0) is 4.74 Å². The lowest BCUT2D eigenvalue weighted by Gasteiger charge is -2.21. The van der Waals surface area contributed by atoms with Gasteiger partial charge >= 0.3 is 0 Å². The van der Waals surface area contributed by atoms with Gasteiger partial charge in [-0.3, -0.25) is 15.1 Å². The monoisotopic (exact) mass is 475 g/mol. The number of aryl methyl sites for hydroxylation is 1. The fourth-order valence-corrected chi connectivity index (χ4v) is 4.10. The van der Waals surface area contributed by atoms with E-state index in [4.69, 9.17) is 25.8 Å². The van der Waals surface area contributed by atoms with Crippen LogP contribution in [0.25, 0.3) is 11.1 Å². The number of anilines is 1. The molecule has 11 heteroatoms. The molecule has 9 nitrogen and oxygen atoms in total. The van der Waals surface area contributed by atoms with Crippen molar-refractivity contribution < 1.29 is 19.0 Å². The summed E-state index contributed by atoms with van der Waals surface area (Å²) >= 11 is 7.27. The molecule has 0 saturated carbocycles. The second kappa shape index (κ2) is 10.2. The molecule has 0 aliphatic carbocycles. The molecule has 0 atom stereocenters. The van der Waals surface area contributed by atoms with E-state index in [1.54, 1.807) is 12.1 Å². The minimum absolute atomic E-state index is 0.289. The van der Waals surface area contributed by atoms with Gasteiger partial charge in [0.05, 0.1) is 25.5 Å². The van der Waals surface area contributed by atoms with Crippen molar-refractivity contribution in [1.29, 1.82) is 0 Å². The normalized spacial score (nSPS) is 14.2. The fourth-order valence-electron chi connectivity index (χ4n) is 3.34. The Morgan fingerprint density at radius 1 is 1.22 bits per heavy atom. The maximum Gasteiger partial charge on any atom is 0.295 e. The largest absolute Gasteiger partial charge is 0.494 e. The van der Waals surface area contributed by atoms with E-state index in [0.717, 1.165) is 31.7 Å². The van der Waals surface area contributed by atoms with Crippen LogP contribution < -0.4 is 14.8 Å². The molecular formula is C21H22ClN5O4S. The minimum atomic E-state index is -0.380. The van der Waals surface area contributed by atoms with E-state index < -0.39 is 0 Å². The maximum absolute atomic E-state index is 13.1. The van der Waals surface area contributed by atoms with Crippen LogP contribution in [0.3, 0.4) is 0 Å². The molecule has 0 spiro atoms. The molecule has 4 heterocycles. The second-order valence-electron chi connectivity index (χ2n) is 7.27. The van der Waals surface area contributed by atoms with E-state index in [1.165, 1.54) is 30.8 Å². The number of carbonyl (C=O) groups is 1. The number of rotatable bonds is 7. The van der Waals surface area contributed by atoms with E-state index >= 15 is 0 Å². The van der Waals surface area contributed by atoms with E-state index in [-0.39, 0.29) is 11.1 Å². The summed E-state index contributed by atoms with van der Waals surface area (Å²) in [6.45, 7) is 3.91. The van der Waals surface area contributed by atoms with Crippen LogP contribution in [0.4, 0.5) is 5.13 Å². The zero-order valence-electron chi connectivity index (χ0n) is 17.6. The standard InChI is InChI=1S/C21H22ClN5O4S/c1-12-7-14(15-8-18(22)24-10-17(15)29-2)16(9-23-12)19(28)25-20-26-27-21(32-20)31-11-13-3-5-30-6-4-13/h7-10,13H,3-6,11H2,1-2H3,(H,25,26,28). The highest BCUT2D eigenvalue weighted by molar-refractivity contribution is 7.17. The summed E-state index contributed by atoms with van der Waals surface area (Å²) in [5, 5.41) is 11.9. The minimum Gasteiger partial charge on any atom is -0.494 e. The molecule has 1 aliphatic rings. The van der Waals surface area contributed by atoms with Crippen LogP contribution >= 0.6 is 22.9 Å². The third-order valence-electron chi connectivity index (χ3n) is 5.04. The van der Waals surface area contributed by atoms with Crippen LogP contribution in [-0.4, -0.2) is 53.0 Å². The van der Waals surface area contributed by atoms with Gasteiger partial charge in [0.2, 0.25) is 5.13 Å². The summed E-state index contributed by atoms with van der Waals surface area (Å²) < 4.78 is 16.5. The Morgan fingerprint density at radius 2 is 2.03 bits per heavy atom. The van der Waals surface area contributed by atoms with Gasteiger partial charge in [-0.1, -0.05) is 16.7 Å². The summed E-state index contributed by atoms with van der Waals surface area (Å²) in [7, 11) is 1.53. The molecule has 0 unspecified atom stereocenters. The third-order valence-corrected chi connectivity index (χ3v) is 6.00. The van der Waals surface area contributed by atoms with E-state index in [9.17, 15) is 4.79 Å². The van der Waals surface area contributed by atoms with Crippen LogP contribution in [0.5, 0.6) is 10.9 Å². The van der Waals surface area contributed by atoms with Gasteiger partial charge in [0, 0.05) is 36.2 Å². The Balaban J connectivity index is 1.51. The highest BCUT2D eigenvalue weighted by atomic mass is 35.5. The lowest BCUT2D eigenvalue weighted by molar-refractivity contribution is 0.0496. The summed E-state index contributed by atoms with van der Waals surface area (Å²) in [5.41, 5.74) is 2.35. The highest BCUT2D eigenvalue weighted by Gasteiger charge is 2.20. The number of nitrogens with zero attached hydrogens (tertiary/aromatic N) is 4. The van der Waals surface area contributed by atoms with Crippen molar-refractivity contribution in [2.75, 3.05) is 32.2 Å². The molecule has 1 saturated heterocycles. The smallest absolute Gasteiger partial charge is 0.295 e. The summed E-state index contributed by atoms with van der Waals surface area (Å²) in [4.78, 5) is 21.4. The van der Waals surface area contributed by atoms with Crippen molar-refractivity contribution in [1.82, 2.24) is 20.2 Å². The molecule has 32 heavy (non-hydrogen) atoms. The molecule has 1 fully saturated rings. The molecule has 0 radical (unpaired) electrons. The zero-order chi connectivity index (χ0) is 22.5. The quantitative estimate of drug-likeness (QED) is 0.510. The molecule has 0 bridgehead atoms. The first kappa shape index (κ1) is 22.4. The Labute approximate surface area is 194 Å². The number of hydrogen-bond acceptors (Lipinski definition) is 9. The number of halogens is 1. The van der Waals surface area contributed by atoms with E-state index in [0.29, 0.717) is 45.3 Å². The number of aromatic nitrogens is 4. The van der Waals surface area contributed by atoms with Gasteiger partial charge < -0.3 is 14.2 Å².